The first-order chi connectivity index (χ1) is 7.06. The smallest absolute Gasteiger partial charge is 0.283 e. The molecule has 15 heavy (non-hydrogen) atoms. The fourth-order valence-corrected chi connectivity index (χ4v) is 1.60. The van der Waals surface area contributed by atoms with E-state index in [2.05, 4.69) is 26.3 Å². The monoisotopic (exact) mass is 274 g/mol. The lowest BCUT2D eigenvalue weighted by Gasteiger charge is -2.11. The molecule has 0 radical (unpaired) electrons. The fraction of sp³-hybridized carbons (Fsp3) is 0.556. The fourth-order valence-electron chi connectivity index (χ4n) is 1.09. The first kappa shape index (κ1) is 12.2. The molecule has 0 saturated carbocycles. The lowest BCUT2D eigenvalue weighted by atomic mass is 10.4. The molecule has 0 spiro atoms. The molecule has 1 aromatic rings. The highest BCUT2D eigenvalue weighted by atomic mass is 79.9. The Morgan fingerprint density at radius 1 is 1.60 bits per heavy atom. The molecule has 0 unspecified atom stereocenters. The van der Waals surface area contributed by atoms with Crippen LogP contribution in [0.25, 0.3) is 0 Å². The van der Waals surface area contributed by atoms with Gasteiger partial charge in [0.2, 0.25) is 0 Å². The lowest BCUT2D eigenvalue weighted by Crippen LogP contribution is -2.29. The zero-order chi connectivity index (χ0) is 11.4. The summed E-state index contributed by atoms with van der Waals surface area (Å²) in [6.45, 7) is 1.38. The number of hydrogen-bond acceptors (Lipinski definition) is 4. The van der Waals surface area contributed by atoms with Gasteiger partial charge in [-0.2, -0.15) is 5.10 Å². The topological polar surface area (TPSA) is 50.2 Å². The van der Waals surface area contributed by atoms with Crippen LogP contribution in [0.4, 0.5) is 5.69 Å². The summed E-state index contributed by atoms with van der Waals surface area (Å²) in [7, 11) is 5.68. The lowest BCUT2D eigenvalue weighted by molar-refractivity contribution is 0.367. The van der Waals surface area contributed by atoms with E-state index in [1.807, 2.05) is 19.0 Å². The number of aromatic nitrogens is 2. The molecule has 84 valence electrons. The van der Waals surface area contributed by atoms with Gasteiger partial charge in [-0.05, 0) is 30.0 Å². The minimum absolute atomic E-state index is 0.108. The minimum Gasteiger partial charge on any atom is -0.386 e. The molecular formula is C9H15BrN4O. The maximum Gasteiger partial charge on any atom is 0.283 e. The predicted molar refractivity (Wildman–Crippen MR) is 64.3 cm³/mol. The number of anilines is 1. The third-order valence-electron chi connectivity index (χ3n) is 2.01. The van der Waals surface area contributed by atoms with Crippen molar-refractivity contribution in [3.05, 3.63) is 21.0 Å². The highest BCUT2D eigenvalue weighted by Gasteiger charge is 2.07. The highest BCUT2D eigenvalue weighted by molar-refractivity contribution is 9.10. The van der Waals surface area contributed by atoms with E-state index in [-0.39, 0.29) is 5.56 Å². The summed E-state index contributed by atoms with van der Waals surface area (Å²) in [6, 6.07) is 0. The van der Waals surface area contributed by atoms with E-state index < -0.39 is 0 Å². The Hall–Kier alpha value is -0.880. The summed E-state index contributed by atoms with van der Waals surface area (Å²) in [6.07, 6.45) is 1.64. The molecule has 0 atom stereocenters. The first-order valence-electron chi connectivity index (χ1n) is 4.64. The van der Waals surface area contributed by atoms with Crippen molar-refractivity contribution in [2.45, 2.75) is 6.54 Å². The van der Waals surface area contributed by atoms with E-state index in [9.17, 15) is 4.79 Å². The van der Waals surface area contributed by atoms with Crippen molar-refractivity contribution in [2.24, 2.45) is 0 Å². The molecule has 0 amide bonds. The van der Waals surface area contributed by atoms with Crippen LogP contribution in [-0.2, 0) is 6.54 Å². The average Bonchev–Trinajstić information content (AvgIpc) is 2.20. The quantitative estimate of drug-likeness (QED) is 0.874. The highest BCUT2D eigenvalue weighted by Crippen LogP contribution is 2.14. The summed E-state index contributed by atoms with van der Waals surface area (Å²) in [5, 5.41) is 6.96. The number of likely N-dealkylation sites (N-methyl/N-ethyl adjacent to an activating group) is 1. The van der Waals surface area contributed by atoms with Crippen molar-refractivity contribution in [3.8, 4) is 0 Å². The van der Waals surface area contributed by atoms with Gasteiger partial charge in [0.05, 0.1) is 18.4 Å². The third-order valence-corrected chi connectivity index (χ3v) is 2.78. The molecule has 0 aromatic carbocycles. The standard InChI is InChI=1S/C9H15BrN4O/c1-11-7-6-12-14(5-4-13(2)3)9(15)8(7)10/h6,11H,4-5H2,1-3H3. The summed E-state index contributed by atoms with van der Waals surface area (Å²) in [4.78, 5) is 13.8. The van der Waals surface area contributed by atoms with Gasteiger partial charge >= 0.3 is 0 Å². The van der Waals surface area contributed by atoms with Gasteiger partial charge in [0.25, 0.3) is 5.56 Å². The predicted octanol–water partition coefficient (Wildman–Crippen LogP) is 0.609. The number of nitrogens with one attached hydrogen (secondary N) is 1. The Balaban J connectivity index is 2.92. The van der Waals surface area contributed by atoms with Crippen molar-refractivity contribution in [2.75, 3.05) is 33.0 Å². The van der Waals surface area contributed by atoms with E-state index >= 15 is 0 Å². The number of halogens is 1. The summed E-state index contributed by atoms with van der Waals surface area (Å²) >= 11 is 3.25. The Labute approximate surface area is 97.2 Å². The molecule has 0 aliphatic carbocycles. The normalized spacial score (nSPS) is 10.7. The van der Waals surface area contributed by atoms with Crippen LogP contribution in [0.2, 0.25) is 0 Å². The van der Waals surface area contributed by atoms with Crippen LogP contribution < -0.4 is 10.9 Å². The molecule has 1 rings (SSSR count). The van der Waals surface area contributed by atoms with Gasteiger partial charge in [0.15, 0.2) is 0 Å². The van der Waals surface area contributed by atoms with Crippen molar-refractivity contribution in [3.63, 3.8) is 0 Å². The van der Waals surface area contributed by atoms with Crippen LogP contribution in [0, 0.1) is 0 Å². The summed E-state index contributed by atoms with van der Waals surface area (Å²) < 4.78 is 1.98. The maximum atomic E-state index is 11.8. The number of hydrogen-bond donors (Lipinski definition) is 1. The number of nitrogens with zero attached hydrogens (tertiary/aromatic N) is 3. The van der Waals surface area contributed by atoms with Crippen molar-refractivity contribution in [1.82, 2.24) is 14.7 Å². The van der Waals surface area contributed by atoms with Gasteiger partial charge in [-0.1, -0.05) is 0 Å². The van der Waals surface area contributed by atoms with Crippen LogP contribution in [0.15, 0.2) is 15.5 Å². The van der Waals surface area contributed by atoms with Crippen LogP contribution >= 0.6 is 15.9 Å². The zero-order valence-corrected chi connectivity index (χ0v) is 10.7. The van der Waals surface area contributed by atoms with Crippen molar-refractivity contribution < 1.29 is 0 Å². The van der Waals surface area contributed by atoms with Crippen LogP contribution in [0.3, 0.4) is 0 Å². The minimum atomic E-state index is -0.108. The van der Waals surface area contributed by atoms with E-state index in [1.54, 1.807) is 13.2 Å². The van der Waals surface area contributed by atoms with Gasteiger partial charge in [0, 0.05) is 13.6 Å². The van der Waals surface area contributed by atoms with E-state index in [4.69, 9.17) is 0 Å². The second-order valence-corrected chi connectivity index (χ2v) is 4.25. The molecule has 5 nitrogen and oxygen atoms in total. The summed E-state index contributed by atoms with van der Waals surface area (Å²) in [5.74, 6) is 0. The second-order valence-electron chi connectivity index (χ2n) is 3.45. The maximum absolute atomic E-state index is 11.8. The van der Waals surface area contributed by atoms with Crippen LogP contribution in [0.5, 0.6) is 0 Å². The average molecular weight is 275 g/mol. The zero-order valence-electron chi connectivity index (χ0n) is 9.12. The number of rotatable bonds is 4. The molecular weight excluding hydrogens is 260 g/mol. The van der Waals surface area contributed by atoms with Gasteiger partial charge in [0.1, 0.15) is 4.47 Å². The molecule has 1 aromatic heterocycles. The Morgan fingerprint density at radius 2 is 2.27 bits per heavy atom. The second kappa shape index (κ2) is 5.27. The Morgan fingerprint density at radius 3 is 2.80 bits per heavy atom. The molecule has 1 N–H and O–H groups in total. The van der Waals surface area contributed by atoms with Gasteiger partial charge < -0.3 is 10.2 Å². The molecule has 0 bridgehead atoms. The molecule has 0 fully saturated rings. The Bertz CT molecular complexity index is 388. The first-order valence-corrected chi connectivity index (χ1v) is 5.43. The van der Waals surface area contributed by atoms with Gasteiger partial charge in [-0.3, -0.25) is 4.79 Å². The molecule has 0 saturated heterocycles. The third kappa shape index (κ3) is 3.04. The van der Waals surface area contributed by atoms with Crippen molar-refractivity contribution in [1.29, 1.82) is 0 Å². The van der Waals surface area contributed by atoms with Crippen molar-refractivity contribution >= 4 is 21.6 Å². The molecule has 0 aliphatic heterocycles. The largest absolute Gasteiger partial charge is 0.386 e. The SMILES string of the molecule is CNc1cnn(CCN(C)C)c(=O)c1Br. The Kier molecular flexibility index (Phi) is 4.28. The van der Waals surface area contributed by atoms with E-state index in [0.717, 1.165) is 6.54 Å². The molecule has 6 heteroatoms. The van der Waals surface area contributed by atoms with Crippen LogP contribution in [0.1, 0.15) is 0 Å². The van der Waals surface area contributed by atoms with Gasteiger partial charge in [-0.15, -0.1) is 0 Å². The molecule has 1 heterocycles. The summed E-state index contributed by atoms with van der Waals surface area (Å²) in [5.41, 5.74) is 0.602. The van der Waals surface area contributed by atoms with Gasteiger partial charge in [-0.25, -0.2) is 4.68 Å². The molecule has 0 aliphatic rings. The van der Waals surface area contributed by atoms with E-state index in [1.165, 1.54) is 4.68 Å². The van der Waals surface area contributed by atoms with E-state index in [0.29, 0.717) is 16.7 Å². The van der Waals surface area contributed by atoms with Crippen LogP contribution in [-0.4, -0.2) is 42.4 Å².